The molecule has 0 heterocycles. The van der Waals surface area contributed by atoms with Crippen molar-refractivity contribution in [1.29, 1.82) is 0 Å². The highest BCUT2D eigenvalue weighted by Crippen LogP contribution is 2.17. The van der Waals surface area contributed by atoms with Crippen LogP contribution in [0.15, 0.2) is 36.4 Å². The van der Waals surface area contributed by atoms with Crippen molar-refractivity contribution in [2.24, 2.45) is 0 Å². The minimum absolute atomic E-state index is 0.563. The maximum atomic E-state index is 5.45. The highest BCUT2D eigenvalue weighted by Gasteiger charge is 1.95. The largest absolute Gasteiger partial charge is 0.494 e. The van der Waals surface area contributed by atoms with Gasteiger partial charge in [0, 0.05) is 0 Å². The molecule has 0 unspecified atom stereocenters. The molecule has 0 aliphatic rings. The first-order valence-electron chi connectivity index (χ1n) is 4.72. The van der Waals surface area contributed by atoms with Crippen LogP contribution >= 0.6 is 0 Å². The molecule has 0 aliphatic heterocycles. The summed E-state index contributed by atoms with van der Waals surface area (Å²) >= 11 is 0. The maximum absolute atomic E-state index is 5.45. The van der Waals surface area contributed by atoms with Crippen LogP contribution in [-0.4, -0.2) is 13.2 Å². The molecule has 2 nitrogen and oxygen atoms in total. The smallest absolute Gasteiger partial charge is 0.120 e. The fourth-order valence-electron chi connectivity index (χ4n) is 1.01. The lowest BCUT2D eigenvalue weighted by molar-refractivity contribution is 0.335. The lowest BCUT2D eigenvalue weighted by Crippen LogP contribution is -1.97. The zero-order valence-corrected chi connectivity index (χ0v) is 8.75. The average molecular weight is 192 g/mol. The molecule has 0 aromatic heterocycles. The van der Waals surface area contributed by atoms with Gasteiger partial charge in [-0.15, -0.1) is 0 Å². The Morgan fingerprint density at radius 1 is 1.14 bits per heavy atom. The van der Waals surface area contributed by atoms with Gasteiger partial charge in [-0.1, -0.05) is 6.58 Å². The first-order valence-corrected chi connectivity index (χ1v) is 4.72. The van der Waals surface area contributed by atoms with Gasteiger partial charge < -0.3 is 9.47 Å². The Bertz CT molecular complexity index is 288. The highest BCUT2D eigenvalue weighted by atomic mass is 16.5. The van der Waals surface area contributed by atoms with Crippen molar-refractivity contribution in [3.63, 3.8) is 0 Å². The zero-order chi connectivity index (χ0) is 10.4. The van der Waals surface area contributed by atoms with Crippen molar-refractivity contribution in [3.05, 3.63) is 36.4 Å². The molecule has 0 saturated carbocycles. The molecule has 0 aliphatic carbocycles. The van der Waals surface area contributed by atoms with Crippen molar-refractivity contribution in [3.8, 4) is 11.5 Å². The highest BCUT2D eigenvalue weighted by molar-refractivity contribution is 5.31. The van der Waals surface area contributed by atoms with Gasteiger partial charge in [0.1, 0.15) is 18.1 Å². The van der Waals surface area contributed by atoms with Crippen LogP contribution in [-0.2, 0) is 0 Å². The van der Waals surface area contributed by atoms with Crippen LogP contribution in [0.25, 0.3) is 0 Å². The summed E-state index contributed by atoms with van der Waals surface area (Å²) < 4.78 is 10.8. The van der Waals surface area contributed by atoms with E-state index in [0.29, 0.717) is 13.2 Å². The molecule has 1 rings (SSSR count). The summed E-state index contributed by atoms with van der Waals surface area (Å²) in [7, 11) is 0. The van der Waals surface area contributed by atoms with Gasteiger partial charge >= 0.3 is 0 Å². The molecule has 76 valence electrons. The van der Waals surface area contributed by atoms with E-state index in [4.69, 9.17) is 9.47 Å². The Morgan fingerprint density at radius 2 is 1.64 bits per heavy atom. The van der Waals surface area contributed by atoms with Crippen molar-refractivity contribution < 1.29 is 9.47 Å². The molecule has 0 atom stereocenters. The first-order chi connectivity index (χ1) is 6.72. The number of hydrogen-bond donors (Lipinski definition) is 0. The van der Waals surface area contributed by atoms with Gasteiger partial charge in [0.05, 0.1) is 6.61 Å². The van der Waals surface area contributed by atoms with Gasteiger partial charge in [-0.3, -0.25) is 0 Å². The minimum Gasteiger partial charge on any atom is -0.494 e. The summed E-state index contributed by atoms with van der Waals surface area (Å²) in [6.07, 6.45) is 0. The second-order valence-corrected chi connectivity index (χ2v) is 3.15. The quantitative estimate of drug-likeness (QED) is 0.667. The van der Waals surface area contributed by atoms with E-state index in [0.717, 1.165) is 17.1 Å². The van der Waals surface area contributed by atoms with Crippen LogP contribution in [0, 0.1) is 0 Å². The topological polar surface area (TPSA) is 18.5 Å². The summed E-state index contributed by atoms with van der Waals surface area (Å²) in [5.41, 5.74) is 1.01. The number of ether oxygens (including phenoxy) is 2. The molecule has 0 spiro atoms. The monoisotopic (exact) mass is 192 g/mol. The Morgan fingerprint density at radius 3 is 2.07 bits per heavy atom. The van der Waals surface area contributed by atoms with Crippen LogP contribution in [0.2, 0.25) is 0 Å². The SMILES string of the molecule is C=C(C)COc1ccc(OCC)cc1. The predicted octanol–water partition coefficient (Wildman–Crippen LogP) is 3.04. The second-order valence-electron chi connectivity index (χ2n) is 3.15. The van der Waals surface area contributed by atoms with Crippen LogP contribution < -0.4 is 9.47 Å². The molecule has 14 heavy (non-hydrogen) atoms. The lowest BCUT2D eigenvalue weighted by atomic mass is 10.3. The van der Waals surface area contributed by atoms with Crippen LogP contribution in [0.3, 0.4) is 0 Å². The van der Waals surface area contributed by atoms with Gasteiger partial charge in [0.25, 0.3) is 0 Å². The molecule has 0 saturated heterocycles. The third-order valence-corrected chi connectivity index (χ3v) is 1.62. The van der Waals surface area contributed by atoms with E-state index in [2.05, 4.69) is 6.58 Å². The molecule has 0 bridgehead atoms. The van der Waals surface area contributed by atoms with E-state index >= 15 is 0 Å². The van der Waals surface area contributed by atoms with Crippen molar-refractivity contribution in [2.75, 3.05) is 13.2 Å². The number of benzene rings is 1. The molecule has 0 N–H and O–H groups in total. The standard InChI is InChI=1S/C12H16O2/c1-4-13-11-5-7-12(8-6-11)14-9-10(2)3/h5-8H,2,4,9H2,1,3H3. The normalized spacial score (nSPS) is 9.57. The Balaban J connectivity index is 2.50. The van der Waals surface area contributed by atoms with E-state index in [9.17, 15) is 0 Å². The van der Waals surface area contributed by atoms with E-state index in [1.807, 2.05) is 38.1 Å². The van der Waals surface area contributed by atoms with E-state index < -0.39 is 0 Å². The molecule has 2 heteroatoms. The molecule has 0 amide bonds. The molecule has 1 aromatic rings. The van der Waals surface area contributed by atoms with Crippen LogP contribution in [0.1, 0.15) is 13.8 Å². The molecular formula is C12H16O2. The summed E-state index contributed by atoms with van der Waals surface area (Å²) in [6, 6.07) is 7.59. The third kappa shape index (κ3) is 3.52. The maximum Gasteiger partial charge on any atom is 0.120 e. The summed E-state index contributed by atoms with van der Waals surface area (Å²) in [5, 5.41) is 0. The Labute approximate surface area is 85.2 Å². The van der Waals surface area contributed by atoms with E-state index in [-0.39, 0.29) is 0 Å². The summed E-state index contributed by atoms with van der Waals surface area (Å²) in [4.78, 5) is 0. The van der Waals surface area contributed by atoms with Crippen LogP contribution in [0.5, 0.6) is 11.5 Å². The summed E-state index contributed by atoms with van der Waals surface area (Å²) in [6.45, 7) is 8.92. The fraction of sp³-hybridized carbons (Fsp3) is 0.333. The van der Waals surface area contributed by atoms with Crippen LogP contribution in [0.4, 0.5) is 0 Å². The Hall–Kier alpha value is -1.44. The molecule has 1 aromatic carbocycles. The third-order valence-electron chi connectivity index (χ3n) is 1.62. The van der Waals surface area contributed by atoms with Gasteiger partial charge in [-0.05, 0) is 43.7 Å². The van der Waals surface area contributed by atoms with Gasteiger partial charge in [-0.2, -0.15) is 0 Å². The lowest BCUT2D eigenvalue weighted by Gasteiger charge is -2.07. The predicted molar refractivity (Wildman–Crippen MR) is 57.9 cm³/mol. The molecular weight excluding hydrogens is 176 g/mol. The van der Waals surface area contributed by atoms with Gasteiger partial charge in [0.2, 0.25) is 0 Å². The first kappa shape index (κ1) is 10.6. The molecule has 0 fully saturated rings. The van der Waals surface area contributed by atoms with Gasteiger partial charge in [-0.25, -0.2) is 0 Å². The summed E-state index contributed by atoms with van der Waals surface area (Å²) in [5.74, 6) is 1.71. The second kappa shape index (κ2) is 5.32. The minimum atomic E-state index is 0.563. The fourth-order valence-corrected chi connectivity index (χ4v) is 1.01. The number of rotatable bonds is 5. The zero-order valence-electron chi connectivity index (χ0n) is 8.75. The number of hydrogen-bond acceptors (Lipinski definition) is 2. The van der Waals surface area contributed by atoms with Gasteiger partial charge in [0.15, 0.2) is 0 Å². The van der Waals surface area contributed by atoms with Crippen molar-refractivity contribution in [1.82, 2.24) is 0 Å². The Kier molecular flexibility index (Phi) is 4.05. The molecule has 0 radical (unpaired) electrons. The van der Waals surface area contributed by atoms with E-state index in [1.165, 1.54) is 0 Å². The van der Waals surface area contributed by atoms with Crippen molar-refractivity contribution in [2.45, 2.75) is 13.8 Å². The van der Waals surface area contributed by atoms with Crippen molar-refractivity contribution >= 4 is 0 Å². The van der Waals surface area contributed by atoms with E-state index in [1.54, 1.807) is 0 Å². The average Bonchev–Trinajstić information content (AvgIpc) is 2.17.